The third kappa shape index (κ3) is 4.20. The van der Waals surface area contributed by atoms with Crippen molar-refractivity contribution in [2.24, 2.45) is 11.3 Å². The number of sulfonamides is 1. The van der Waals surface area contributed by atoms with E-state index in [4.69, 9.17) is 0 Å². The summed E-state index contributed by atoms with van der Waals surface area (Å²) >= 11 is 0. The van der Waals surface area contributed by atoms with Crippen LogP contribution in [0.2, 0.25) is 0 Å². The SMILES string of the molecule is CCCCN1C(=O)[C@H]2CN(S(=O)(=O)c3ccc(C)cc3)[C@H](c3ccccc3)[C@@]2(Cc2ccccc2)C1=O. The Kier molecular flexibility index (Phi) is 6.77. The summed E-state index contributed by atoms with van der Waals surface area (Å²) in [5.41, 5.74) is 1.34. The van der Waals surface area contributed by atoms with Crippen molar-refractivity contribution in [3.8, 4) is 0 Å². The van der Waals surface area contributed by atoms with Crippen molar-refractivity contribution in [1.82, 2.24) is 9.21 Å². The molecule has 37 heavy (non-hydrogen) atoms. The van der Waals surface area contributed by atoms with E-state index in [1.807, 2.05) is 74.5 Å². The average molecular weight is 517 g/mol. The van der Waals surface area contributed by atoms with Gasteiger partial charge in [0, 0.05) is 13.1 Å². The number of hydrogen-bond acceptors (Lipinski definition) is 4. The minimum Gasteiger partial charge on any atom is -0.282 e. The van der Waals surface area contributed by atoms with Crippen LogP contribution in [0, 0.1) is 18.3 Å². The monoisotopic (exact) mass is 516 g/mol. The Morgan fingerprint density at radius 3 is 2.14 bits per heavy atom. The van der Waals surface area contributed by atoms with E-state index in [0.717, 1.165) is 23.1 Å². The number of rotatable bonds is 8. The van der Waals surface area contributed by atoms with E-state index in [1.165, 1.54) is 9.21 Å². The molecular weight excluding hydrogens is 484 g/mol. The summed E-state index contributed by atoms with van der Waals surface area (Å²) in [5.74, 6) is -1.30. The van der Waals surface area contributed by atoms with Crippen LogP contribution in [0.3, 0.4) is 0 Å². The number of unbranched alkanes of at least 4 members (excludes halogenated alkanes) is 1. The van der Waals surface area contributed by atoms with Crippen molar-refractivity contribution in [3.05, 3.63) is 102 Å². The van der Waals surface area contributed by atoms with Crippen LogP contribution in [0.25, 0.3) is 0 Å². The predicted octanol–water partition coefficient (Wildman–Crippen LogP) is 4.75. The third-order valence-electron chi connectivity index (χ3n) is 7.79. The lowest BCUT2D eigenvalue weighted by atomic mass is 9.68. The van der Waals surface area contributed by atoms with E-state index in [1.54, 1.807) is 24.3 Å². The molecule has 0 aliphatic carbocycles. The maximum absolute atomic E-state index is 14.4. The van der Waals surface area contributed by atoms with Crippen molar-refractivity contribution in [1.29, 1.82) is 0 Å². The van der Waals surface area contributed by atoms with Crippen LogP contribution in [0.15, 0.2) is 89.8 Å². The van der Waals surface area contributed by atoms with Crippen LogP contribution < -0.4 is 0 Å². The first-order chi connectivity index (χ1) is 17.8. The quantitative estimate of drug-likeness (QED) is 0.405. The van der Waals surface area contributed by atoms with Gasteiger partial charge >= 0.3 is 0 Å². The number of nitrogens with zero attached hydrogens (tertiary/aromatic N) is 2. The number of hydrogen-bond donors (Lipinski definition) is 0. The number of fused-ring (bicyclic) bond motifs is 1. The van der Waals surface area contributed by atoms with E-state index in [9.17, 15) is 18.0 Å². The second-order valence-corrected chi connectivity index (χ2v) is 12.0. The van der Waals surface area contributed by atoms with Crippen LogP contribution in [-0.4, -0.2) is 42.5 Å². The average Bonchev–Trinajstić information content (AvgIpc) is 3.34. The van der Waals surface area contributed by atoms with Crippen molar-refractivity contribution >= 4 is 21.8 Å². The van der Waals surface area contributed by atoms with E-state index < -0.39 is 27.4 Å². The number of benzene rings is 3. The zero-order valence-electron chi connectivity index (χ0n) is 21.2. The van der Waals surface area contributed by atoms with E-state index in [0.29, 0.717) is 13.0 Å². The molecule has 0 saturated carbocycles. The summed E-state index contributed by atoms with van der Waals surface area (Å²) in [7, 11) is -4.00. The lowest BCUT2D eigenvalue weighted by molar-refractivity contribution is -0.143. The number of carbonyl (C=O) groups is 2. The van der Waals surface area contributed by atoms with Crippen LogP contribution >= 0.6 is 0 Å². The number of carbonyl (C=O) groups excluding carboxylic acids is 2. The predicted molar refractivity (Wildman–Crippen MR) is 142 cm³/mol. The zero-order valence-corrected chi connectivity index (χ0v) is 22.0. The Morgan fingerprint density at radius 1 is 0.892 bits per heavy atom. The van der Waals surface area contributed by atoms with Gasteiger partial charge in [-0.15, -0.1) is 0 Å². The highest BCUT2D eigenvalue weighted by Crippen LogP contribution is 2.58. The molecule has 2 amide bonds. The second kappa shape index (κ2) is 9.88. The van der Waals surface area contributed by atoms with Gasteiger partial charge in [-0.2, -0.15) is 4.31 Å². The summed E-state index contributed by atoms with van der Waals surface area (Å²) < 4.78 is 29.6. The molecule has 6 nitrogen and oxygen atoms in total. The summed E-state index contributed by atoms with van der Waals surface area (Å²) in [6, 6.07) is 24.8. The molecule has 0 bridgehead atoms. The molecule has 3 atom stereocenters. The minimum absolute atomic E-state index is 0.0319. The van der Waals surface area contributed by atoms with Crippen molar-refractivity contribution < 1.29 is 18.0 Å². The van der Waals surface area contributed by atoms with Crippen LogP contribution in [-0.2, 0) is 26.0 Å². The van der Waals surface area contributed by atoms with Gasteiger partial charge in [0.05, 0.1) is 22.3 Å². The molecule has 0 radical (unpaired) electrons. The first-order valence-corrected chi connectivity index (χ1v) is 14.3. The molecule has 0 aromatic heterocycles. The molecule has 2 aliphatic rings. The molecule has 0 spiro atoms. The van der Waals surface area contributed by atoms with Gasteiger partial charge in [0.25, 0.3) is 0 Å². The van der Waals surface area contributed by atoms with Gasteiger partial charge in [0.15, 0.2) is 0 Å². The molecule has 192 valence electrons. The molecule has 5 rings (SSSR count). The van der Waals surface area contributed by atoms with Gasteiger partial charge in [0.2, 0.25) is 21.8 Å². The molecular formula is C30H32N2O4S. The van der Waals surface area contributed by atoms with E-state index in [2.05, 4.69) is 0 Å². The Morgan fingerprint density at radius 2 is 1.51 bits per heavy atom. The second-order valence-electron chi connectivity index (χ2n) is 10.1. The molecule has 2 heterocycles. The van der Waals surface area contributed by atoms with Gasteiger partial charge in [-0.3, -0.25) is 14.5 Å². The van der Waals surface area contributed by atoms with Gasteiger partial charge in [-0.25, -0.2) is 8.42 Å². The molecule has 2 aliphatic heterocycles. The van der Waals surface area contributed by atoms with Crippen molar-refractivity contribution in [2.75, 3.05) is 13.1 Å². The number of aryl methyl sites for hydroxylation is 1. The molecule has 2 saturated heterocycles. The molecule has 0 N–H and O–H groups in total. The van der Waals surface area contributed by atoms with Crippen LogP contribution in [0.5, 0.6) is 0 Å². The summed E-state index contributed by atoms with van der Waals surface area (Å²) in [4.78, 5) is 29.7. The number of amides is 2. The highest BCUT2D eigenvalue weighted by molar-refractivity contribution is 7.89. The van der Waals surface area contributed by atoms with Crippen LogP contribution in [0.1, 0.15) is 42.5 Å². The summed E-state index contributed by atoms with van der Waals surface area (Å²) in [5, 5.41) is 0. The fraction of sp³-hybridized carbons (Fsp3) is 0.333. The number of imide groups is 1. The highest BCUT2D eigenvalue weighted by Gasteiger charge is 2.70. The fourth-order valence-corrected chi connectivity index (χ4v) is 7.62. The first-order valence-electron chi connectivity index (χ1n) is 12.8. The largest absolute Gasteiger partial charge is 0.282 e. The Labute approximate surface area is 219 Å². The van der Waals surface area contributed by atoms with Gasteiger partial charge in [-0.05, 0) is 43.0 Å². The molecule has 7 heteroatoms. The maximum atomic E-state index is 14.4. The van der Waals surface area contributed by atoms with Crippen molar-refractivity contribution in [3.63, 3.8) is 0 Å². The Bertz CT molecular complexity index is 1390. The van der Waals surface area contributed by atoms with Crippen LogP contribution in [0.4, 0.5) is 0 Å². The van der Waals surface area contributed by atoms with E-state index >= 15 is 0 Å². The van der Waals surface area contributed by atoms with Gasteiger partial charge in [-0.1, -0.05) is 91.7 Å². The topological polar surface area (TPSA) is 74.8 Å². The fourth-order valence-electron chi connectivity index (χ4n) is 5.94. The minimum atomic E-state index is -4.00. The Balaban J connectivity index is 1.71. The lowest BCUT2D eigenvalue weighted by Gasteiger charge is -2.36. The molecule has 2 fully saturated rings. The maximum Gasteiger partial charge on any atom is 0.243 e. The zero-order chi connectivity index (χ0) is 26.2. The van der Waals surface area contributed by atoms with Gasteiger partial charge in [0.1, 0.15) is 0 Å². The summed E-state index contributed by atoms with van der Waals surface area (Å²) in [6.07, 6.45) is 1.85. The molecule has 3 aromatic carbocycles. The molecule has 0 unspecified atom stereocenters. The standard InChI is InChI=1S/C30H32N2O4S/c1-3-4-19-31-28(33)26-21-32(37(35,36)25-17-15-22(2)16-18-25)27(24-13-9-6-10-14-24)30(26,29(31)34)20-23-11-7-5-8-12-23/h5-18,26-27H,3-4,19-21H2,1-2H3/t26-,27-,30+/m1/s1. The third-order valence-corrected chi connectivity index (χ3v) is 9.63. The molecule has 3 aromatic rings. The normalized spacial score (nSPS) is 24.0. The smallest absolute Gasteiger partial charge is 0.243 e. The lowest BCUT2D eigenvalue weighted by Crippen LogP contribution is -2.45. The number of likely N-dealkylation sites (tertiary alicyclic amines) is 1. The Hall–Kier alpha value is -3.29. The highest BCUT2D eigenvalue weighted by atomic mass is 32.2. The first kappa shape index (κ1) is 25.4. The van der Waals surface area contributed by atoms with E-state index in [-0.39, 0.29) is 29.7 Å². The van der Waals surface area contributed by atoms with Crippen molar-refractivity contribution in [2.45, 2.75) is 44.0 Å². The van der Waals surface area contributed by atoms with Gasteiger partial charge < -0.3 is 0 Å². The summed E-state index contributed by atoms with van der Waals surface area (Å²) in [6.45, 7) is 4.25.